The van der Waals surface area contributed by atoms with Crippen LogP contribution in [0.25, 0.3) is 11.3 Å². The number of carbonyl (C=O) groups excluding carboxylic acids is 1. The molecule has 1 unspecified atom stereocenters. The summed E-state index contributed by atoms with van der Waals surface area (Å²) in [6, 6.07) is 10.1. The molecule has 0 fully saturated rings. The van der Waals surface area contributed by atoms with Crippen LogP contribution in [0.3, 0.4) is 0 Å². The molecule has 1 aromatic carbocycles. The van der Waals surface area contributed by atoms with Gasteiger partial charge in [0.05, 0.1) is 12.8 Å². The van der Waals surface area contributed by atoms with Gasteiger partial charge in [0.1, 0.15) is 17.9 Å². The maximum atomic E-state index is 13.0. The third-order valence-corrected chi connectivity index (χ3v) is 4.53. The van der Waals surface area contributed by atoms with Crippen LogP contribution in [0.1, 0.15) is 28.8 Å². The molecule has 0 aliphatic heterocycles. The number of carbonyl (C=O) groups is 1. The highest BCUT2D eigenvalue weighted by atomic mass is 19.1. The van der Waals surface area contributed by atoms with Crippen molar-refractivity contribution in [2.75, 3.05) is 26.0 Å². The first-order valence-corrected chi connectivity index (χ1v) is 9.09. The molecule has 3 rings (SSSR count). The van der Waals surface area contributed by atoms with Gasteiger partial charge in [0.2, 0.25) is 5.95 Å². The van der Waals surface area contributed by atoms with E-state index in [-0.39, 0.29) is 11.8 Å². The molecule has 3 aromatic rings. The van der Waals surface area contributed by atoms with Crippen LogP contribution in [0, 0.1) is 5.95 Å². The highest BCUT2D eigenvalue weighted by Crippen LogP contribution is 2.28. The number of nitrogens with zero attached hydrogens (tertiary/aromatic N) is 3. The molecular weight excluding hydrogens is 373 g/mol. The number of pyridine rings is 1. The molecule has 0 spiro atoms. The summed E-state index contributed by atoms with van der Waals surface area (Å²) >= 11 is 0. The third-order valence-electron chi connectivity index (χ3n) is 4.53. The number of ether oxygens (including phenoxy) is 1. The number of halogens is 1. The van der Waals surface area contributed by atoms with Gasteiger partial charge in [-0.3, -0.25) is 4.79 Å². The average molecular weight is 395 g/mol. The summed E-state index contributed by atoms with van der Waals surface area (Å²) in [7, 11) is 3.17. The first-order valence-electron chi connectivity index (χ1n) is 9.09. The van der Waals surface area contributed by atoms with E-state index in [1.54, 1.807) is 38.4 Å². The Morgan fingerprint density at radius 1 is 1.17 bits per heavy atom. The van der Waals surface area contributed by atoms with Gasteiger partial charge in [0.25, 0.3) is 5.91 Å². The van der Waals surface area contributed by atoms with Gasteiger partial charge in [0.15, 0.2) is 0 Å². The smallest absolute Gasteiger partial charge is 0.251 e. The Kier molecular flexibility index (Phi) is 6.33. The van der Waals surface area contributed by atoms with Gasteiger partial charge in [-0.25, -0.2) is 15.0 Å². The fraction of sp³-hybridized carbons (Fsp3) is 0.238. The van der Waals surface area contributed by atoms with Gasteiger partial charge in [-0.1, -0.05) is 13.0 Å². The van der Waals surface area contributed by atoms with Gasteiger partial charge >= 0.3 is 0 Å². The number of nitrogens with one attached hydrogen (secondary N) is 2. The third kappa shape index (κ3) is 4.84. The Labute approximate surface area is 168 Å². The first-order chi connectivity index (χ1) is 14.0. The maximum Gasteiger partial charge on any atom is 0.251 e. The first kappa shape index (κ1) is 20.2. The van der Waals surface area contributed by atoms with E-state index in [2.05, 4.69) is 32.5 Å². The number of anilines is 1. The molecule has 150 valence electrons. The van der Waals surface area contributed by atoms with Crippen LogP contribution in [-0.2, 0) is 0 Å². The number of hydrogen-bond donors (Lipinski definition) is 2. The number of hydrogen-bond acceptors (Lipinski definition) is 6. The number of rotatable bonds is 7. The van der Waals surface area contributed by atoms with E-state index in [9.17, 15) is 9.18 Å². The predicted molar refractivity (Wildman–Crippen MR) is 109 cm³/mol. The lowest BCUT2D eigenvalue weighted by molar-refractivity contribution is 0.0962. The largest absolute Gasteiger partial charge is 0.496 e. The van der Waals surface area contributed by atoms with Crippen molar-refractivity contribution in [3.8, 4) is 17.0 Å². The Bertz CT molecular complexity index is 995. The van der Waals surface area contributed by atoms with Gasteiger partial charge in [0, 0.05) is 42.9 Å². The van der Waals surface area contributed by atoms with Crippen LogP contribution in [-0.4, -0.2) is 41.6 Å². The normalized spacial score (nSPS) is 11.6. The predicted octanol–water partition coefficient (Wildman–Crippen LogP) is 3.26. The summed E-state index contributed by atoms with van der Waals surface area (Å²) < 4.78 is 18.5. The van der Waals surface area contributed by atoms with Crippen LogP contribution in [0.5, 0.6) is 5.75 Å². The van der Waals surface area contributed by atoms with Crippen LogP contribution in [0.15, 0.2) is 48.9 Å². The molecule has 0 saturated heterocycles. The summed E-state index contributed by atoms with van der Waals surface area (Å²) in [5.74, 6) is 0.693. The van der Waals surface area contributed by atoms with E-state index in [0.29, 0.717) is 34.9 Å². The van der Waals surface area contributed by atoms with Crippen LogP contribution >= 0.6 is 0 Å². The molecular formula is C21H22FN5O2. The molecule has 0 saturated carbocycles. The van der Waals surface area contributed by atoms with Crippen molar-refractivity contribution in [2.45, 2.75) is 12.8 Å². The summed E-state index contributed by atoms with van der Waals surface area (Å²) in [6.45, 7) is 2.64. The number of amides is 1. The zero-order valence-corrected chi connectivity index (χ0v) is 16.4. The summed E-state index contributed by atoms with van der Waals surface area (Å²) in [4.78, 5) is 23.9. The number of methoxy groups -OCH3 is 1. The SMILES string of the molecule is CNC(=O)c1ccc(C(C)CNc2cc(-c3ccc(F)nc3)ncn2)c(OC)c1. The molecule has 0 radical (unpaired) electrons. The lowest BCUT2D eigenvalue weighted by Gasteiger charge is -2.17. The second kappa shape index (κ2) is 9.09. The topological polar surface area (TPSA) is 89.0 Å². The zero-order valence-electron chi connectivity index (χ0n) is 16.4. The van der Waals surface area contributed by atoms with E-state index < -0.39 is 5.95 Å². The van der Waals surface area contributed by atoms with E-state index in [0.717, 1.165) is 5.56 Å². The lowest BCUT2D eigenvalue weighted by Crippen LogP contribution is -2.18. The zero-order chi connectivity index (χ0) is 20.8. The molecule has 7 nitrogen and oxygen atoms in total. The van der Waals surface area contributed by atoms with E-state index in [1.807, 2.05) is 6.07 Å². The minimum absolute atomic E-state index is 0.0922. The van der Waals surface area contributed by atoms with Crippen LogP contribution in [0.2, 0.25) is 0 Å². The molecule has 2 aromatic heterocycles. The van der Waals surface area contributed by atoms with Gasteiger partial charge in [-0.2, -0.15) is 4.39 Å². The monoisotopic (exact) mass is 395 g/mol. The van der Waals surface area contributed by atoms with E-state index in [1.165, 1.54) is 18.6 Å². The number of aromatic nitrogens is 3. The maximum absolute atomic E-state index is 13.0. The molecule has 0 bridgehead atoms. The van der Waals surface area contributed by atoms with Gasteiger partial charge in [-0.05, 0) is 29.8 Å². The minimum atomic E-state index is -0.536. The molecule has 2 heterocycles. The molecule has 1 atom stereocenters. The van der Waals surface area contributed by atoms with Gasteiger partial charge in [-0.15, -0.1) is 0 Å². The molecule has 1 amide bonds. The molecule has 29 heavy (non-hydrogen) atoms. The highest BCUT2D eigenvalue weighted by Gasteiger charge is 2.15. The quantitative estimate of drug-likeness (QED) is 0.597. The van der Waals surface area contributed by atoms with Crippen molar-refractivity contribution < 1.29 is 13.9 Å². The summed E-state index contributed by atoms with van der Waals surface area (Å²) in [5.41, 5.74) is 2.87. The Morgan fingerprint density at radius 2 is 2.00 bits per heavy atom. The second-order valence-corrected chi connectivity index (χ2v) is 6.48. The van der Waals surface area contributed by atoms with E-state index in [4.69, 9.17) is 4.74 Å². The lowest BCUT2D eigenvalue weighted by atomic mass is 9.98. The van der Waals surface area contributed by atoms with Crippen molar-refractivity contribution in [1.29, 1.82) is 0 Å². The second-order valence-electron chi connectivity index (χ2n) is 6.48. The minimum Gasteiger partial charge on any atom is -0.496 e. The number of benzene rings is 1. The van der Waals surface area contributed by atoms with Crippen molar-refractivity contribution in [3.05, 3.63) is 66.0 Å². The molecule has 0 aliphatic carbocycles. The standard InChI is InChI=1S/C21H22FN5O2/c1-13(16-6-4-14(21(28)23-2)8-18(16)29-3)10-25-20-9-17(26-12-27-20)15-5-7-19(22)24-11-15/h4-9,11-13H,10H2,1-3H3,(H,23,28)(H,25,26,27). The van der Waals surface area contributed by atoms with Gasteiger partial charge < -0.3 is 15.4 Å². The van der Waals surface area contributed by atoms with Crippen molar-refractivity contribution in [2.24, 2.45) is 0 Å². The van der Waals surface area contributed by atoms with E-state index >= 15 is 0 Å². The Morgan fingerprint density at radius 3 is 2.69 bits per heavy atom. The molecule has 8 heteroatoms. The average Bonchev–Trinajstić information content (AvgIpc) is 2.77. The fourth-order valence-corrected chi connectivity index (χ4v) is 2.91. The summed E-state index contributed by atoms with van der Waals surface area (Å²) in [6.07, 6.45) is 2.88. The van der Waals surface area contributed by atoms with Crippen molar-refractivity contribution in [3.63, 3.8) is 0 Å². The molecule has 0 aliphatic rings. The Hall–Kier alpha value is -3.55. The van der Waals surface area contributed by atoms with Crippen molar-refractivity contribution >= 4 is 11.7 Å². The van der Waals surface area contributed by atoms with Crippen molar-refractivity contribution in [1.82, 2.24) is 20.3 Å². The summed E-state index contributed by atoms with van der Waals surface area (Å²) in [5, 5.41) is 5.89. The molecule has 2 N–H and O–H groups in total. The highest BCUT2D eigenvalue weighted by molar-refractivity contribution is 5.94. The van der Waals surface area contributed by atoms with Crippen LogP contribution in [0.4, 0.5) is 10.2 Å². The Balaban J connectivity index is 1.72. The fourth-order valence-electron chi connectivity index (χ4n) is 2.91. The van der Waals surface area contributed by atoms with Crippen LogP contribution < -0.4 is 15.4 Å².